The zero-order valence-corrected chi connectivity index (χ0v) is 20.4. The number of fused-ring (bicyclic) bond motifs is 1. The molecule has 1 aliphatic rings. The van der Waals surface area contributed by atoms with E-state index in [9.17, 15) is 8.42 Å². The Morgan fingerprint density at radius 2 is 1.94 bits per heavy atom. The molecule has 174 valence electrons. The number of rotatable bonds is 8. The van der Waals surface area contributed by atoms with E-state index >= 15 is 0 Å². The van der Waals surface area contributed by atoms with Crippen LogP contribution >= 0.6 is 0 Å². The average molecular weight is 466 g/mol. The highest BCUT2D eigenvalue weighted by molar-refractivity contribution is 7.91. The summed E-state index contributed by atoms with van der Waals surface area (Å²) in [5.41, 5.74) is 8.35. The number of benzene rings is 2. The normalized spacial score (nSPS) is 14.2. The van der Waals surface area contributed by atoms with Gasteiger partial charge in [-0.15, -0.1) is 10.2 Å². The van der Waals surface area contributed by atoms with Crippen LogP contribution < -0.4 is 4.74 Å². The molecule has 0 saturated carbocycles. The number of hydrogen-bond acceptors (Lipinski definition) is 6. The molecule has 0 saturated heterocycles. The van der Waals surface area contributed by atoms with Gasteiger partial charge in [0.05, 0.1) is 18.6 Å². The van der Waals surface area contributed by atoms with E-state index in [1.165, 1.54) is 22.3 Å². The quantitative estimate of drug-likeness (QED) is 0.503. The van der Waals surface area contributed by atoms with Crippen LogP contribution in [-0.2, 0) is 29.2 Å². The SMILES string of the molecule is CCS(=O)(=O)CCN1CCc2c(Cc3ccc(C)c(-c4ccc(OC)nn4)c3)cccc2C1. The van der Waals surface area contributed by atoms with Crippen LogP contribution in [0.25, 0.3) is 11.3 Å². The van der Waals surface area contributed by atoms with Gasteiger partial charge < -0.3 is 4.74 Å². The van der Waals surface area contributed by atoms with Crippen molar-refractivity contribution in [2.24, 2.45) is 0 Å². The highest BCUT2D eigenvalue weighted by Gasteiger charge is 2.20. The van der Waals surface area contributed by atoms with E-state index in [2.05, 4.69) is 58.4 Å². The van der Waals surface area contributed by atoms with Gasteiger partial charge in [-0.2, -0.15) is 0 Å². The van der Waals surface area contributed by atoms with Crippen molar-refractivity contribution in [1.82, 2.24) is 15.1 Å². The van der Waals surface area contributed by atoms with Gasteiger partial charge >= 0.3 is 0 Å². The summed E-state index contributed by atoms with van der Waals surface area (Å²) in [5.74, 6) is 0.950. The third-order valence-electron chi connectivity index (χ3n) is 6.42. The van der Waals surface area contributed by atoms with Crippen LogP contribution in [0.3, 0.4) is 0 Å². The van der Waals surface area contributed by atoms with Crippen LogP contribution in [0.2, 0.25) is 0 Å². The first-order chi connectivity index (χ1) is 15.9. The van der Waals surface area contributed by atoms with Crippen LogP contribution in [0.15, 0.2) is 48.5 Å². The summed E-state index contributed by atoms with van der Waals surface area (Å²) < 4.78 is 28.9. The molecule has 0 fully saturated rings. The molecule has 6 nitrogen and oxygen atoms in total. The molecule has 0 aliphatic carbocycles. The van der Waals surface area contributed by atoms with E-state index in [1.807, 2.05) is 12.1 Å². The maximum Gasteiger partial charge on any atom is 0.233 e. The molecule has 0 radical (unpaired) electrons. The summed E-state index contributed by atoms with van der Waals surface area (Å²) in [7, 11) is -1.35. The highest BCUT2D eigenvalue weighted by atomic mass is 32.2. The van der Waals surface area contributed by atoms with Crippen LogP contribution in [0, 0.1) is 6.92 Å². The number of ether oxygens (including phenoxy) is 1. The van der Waals surface area contributed by atoms with Crippen LogP contribution in [-0.4, -0.2) is 55.2 Å². The van der Waals surface area contributed by atoms with Gasteiger partial charge in [0.25, 0.3) is 0 Å². The average Bonchev–Trinajstić information content (AvgIpc) is 2.84. The van der Waals surface area contributed by atoms with Crippen molar-refractivity contribution in [2.75, 3.05) is 31.7 Å². The molecule has 0 bridgehead atoms. The van der Waals surface area contributed by atoms with E-state index in [-0.39, 0.29) is 11.5 Å². The number of hydrogen-bond donors (Lipinski definition) is 0. The molecule has 0 N–H and O–H groups in total. The molecule has 33 heavy (non-hydrogen) atoms. The smallest absolute Gasteiger partial charge is 0.233 e. The topological polar surface area (TPSA) is 72.4 Å². The Bertz CT molecular complexity index is 1220. The standard InChI is InChI=1S/C26H31N3O3S/c1-4-33(30,31)15-14-29-13-12-23-21(6-5-7-22(23)18-29)16-20-9-8-19(2)24(17-20)25-10-11-26(32-3)28-27-25/h5-11,17H,4,12-16,18H2,1-3H3. The molecule has 0 atom stereocenters. The molecule has 3 aromatic rings. The van der Waals surface area contributed by atoms with Gasteiger partial charge in [-0.1, -0.05) is 37.3 Å². The molecule has 1 aliphatic heterocycles. The predicted octanol–water partition coefficient (Wildman–Crippen LogP) is 3.84. The summed E-state index contributed by atoms with van der Waals surface area (Å²) in [6.45, 7) is 6.10. The Balaban J connectivity index is 1.52. The lowest BCUT2D eigenvalue weighted by Crippen LogP contribution is -2.35. The van der Waals surface area contributed by atoms with Gasteiger partial charge in [0.1, 0.15) is 0 Å². The van der Waals surface area contributed by atoms with E-state index in [1.54, 1.807) is 14.0 Å². The van der Waals surface area contributed by atoms with Crippen LogP contribution in [0.4, 0.5) is 0 Å². The van der Waals surface area contributed by atoms with Gasteiger partial charge in [0.2, 0.25) is 5.88 Å². The molecule has 0 amide bonds. The number of aromatic nitrogens is 2. The van der Waals surface area contributed by atoms with Crippen LogP contribution in [0.5, 0.6) is 5.88 Å². The van der Waals surface area contributed by atoms with Crippen LogP contribution in [0.1, 0.15) is 34.7 Å². The number of methoxy groups -OCH3 is 1. The lowest BCUT2D eigenvalue weighted by atomic mass is 9.90. The molecule has 2 aromatic carbocycles. The zero-order valence-electron chi connectivity index (χ0n) is 19.5. The summed E-state index contributed by atoms with van der Waals surface area (Å²) in [5, 5.41) is 8.44. The largest absolute Gasteiger partial charge is 0.480 e. The Kier molecular flexibility index (Phi) is 7.10. The minimum Gasteiger partial charge on any atom is -0.480 e. The Morgan fingerprint density at radius 3 is 2.67 bits per heavy atom. The van der Waals surface area contributed by atoms with Crippen molar-refractivity contribution in [2.45, 2.75) is 33.2 Å². The molecular weight excluding hydrogens is 434 g/mol. The zero-order chi connectivity index (χ0) is 23.4. The maximum absolute atomic E-state index is 11.9. The van der Waals surface area contributed by atoms with Gasteiger partial charge in [0.15, 0.2) is 9.84 Å². The first-order valence-electron chi connectivity index (χ1n) is 11.4. The number of aryl methyl sites for hydroxylation is 1. The van der Waals surface area contributed by atoms with Crippen molar-refractivity contribution < 1.29 is 13.2 Å². The van der Waals surface area contributed by atoms with Crippen molar-refractivity contribution in [3.05, 3.63) is 76.3 Å². The predicted molar refractivity (Wildman–Crippen MR) is 131 cm³/mol. The molecule has 1 aromatic heterocycles. The molecule has 0 unspecified atom stereocenters. The molecular formula is C26H31N3O3S. The fourth-order valence-corrected chi connectivity index (χ4v) is 5.19. The lowest BCUT2D eigenvalue weighted by molar-refractivity contribution is 0.268. The first-order valence-corrected chi connectivity index (χ1v) is 13.2. The Labute approximate surface area is 196 Å². The summed E-state index contributed by atoms with van der Waals surface area (Å²) in [6, 6.07) is 16.8. The van der Waals surface area contributed by atoms with Crippen molar-refractivity contribution in [1.29, 1.82) is 0 Å². The van der Waals surface area contributed by atoms with E-state index < -0.39 is 9.84 Å². The first kappa shape index (κ1) is 23.4. The monoisotopic (exact) mass is 465 g/mol. The molecule has 7 heteroatoms. The highest BCUT2D eigenvalue weighted by Crippen LogP contribution is 2.28. The van der Waals surface area contributed by atoms with Gasteiger partial charge in [0, 0.05) is 37.0 Å². The third-order valence-corrected chi connectivity index (χ3v) is 8.11. The summed E-state index contributed by atoms with van der Waals surface area (Å²) in [6.07, 6.45) is 1.80. The van der Waals surface area contributed by atoms with Gasteiger partial charge in [-0.3, -0.25) is 4.90 Å². The summed E-state index contributed by atoms with van der Waals surface area (Å²) >= 11 is 0. The molecule has 2 heterocycles. The van der Waals surface area contributed by atoms with E-state index in [4.69, 9.17) is 4.74 Å². The second-order valence-electron chi connectivity index (χ2n) is 8.60. The second-order valence-corrected chi connectivity index (χ2v) is 11.1. The number of sulfone groups is 1. The fraction of sp³-hybridized carbons (Fsp3) is 0.385. The minimum atomic E-state index is -2.94. The van der Waals surface area contributed by atoms with Gasteiger partial charge in [-0.05, 0) is 59.7 Å². The minimum absolute atomic E-state index is 0.211. The lowest BCUT2D eigenvalue weighted by Gasteiger charge is -2.30. The van der Waals surface area contributed by atoms with Gasteiger partial charge in [-0.25, -0.2) is 8.42 Å². The van der Waals surface area contributed by atoms with E-state index in [0.29, 0.717) is 12.4 Å². The third kappa shape index (κ3) is 5.60. The molecule has 0 spiro atoms. The molecule has 4 rings (SSSR count). The van der Waals surface area contributed by atoms with Crippen molar-refractivity contribution in [3.8, 4) is 17.1 Å². The second kappa shape index (κ2) is 10.0. The fourth-order valence-electron chi connectivity index (χ4n) is 4.36. The maximum atomic E-state index is 11.9. The Morgan fingerprint density at radius 1 is 1.09 bits per heavy atom. The van der Waals surface area contributed by atoms with Crippen molar-refractivity contribution in [3.63, 3.8) is 0 Å². The number of nitrogens with zero attached hydrogens (tertiary/aromatic N) is 3. The van der Waals surface area contributed by atoms with Crippen molar-refractivity contribution >= 4 is 9.84 Å². The Hall–Kier alpha value is -2.77. The summed E-state index contributed by atoms with van der Waals surface area (Å²) in [4.78, 5) is 2.26. The van der Waals surface area contributed by atoms with E-state index in [0.717, 1.165) is 42.8 Å².